The summed E-state index contributed by atoms with van der Waals surface area (Å²) in [5, 5.41) is 11.4. The molecule has 1 N–H and O–H groups in total. The molecule has 1 fully saturated rings. The lowest BCUT2D eigenvalue weighted by molar-refractivity contribution is -0.140. The summed E-state index contributed by atoms with van der Waals surface area (Å²) in [6.07, 6.45) is 0.770. The number of Topliss-reactive ketones (excluding diaryl/α,β-unsaturated/α-hetero) is 1. The first-order valence-electron chi connectivity index (χ1n) is 12.4. The van der Waals surface area contributed by atoms with Crippen molar-refractivity contribution in [2.45, 2.75) is 25.5 Å². The van der Waals surface area contributed by atoms with Crippen LogP contribution in [0.1, 0.15) is 29.7 Å². The van der Waals surface area contributed by atoms with E-state index in [0.717, 1.165) is 17.7 Å². The van der Waals surface area contributed by atoms with Gasteiger partial charge in [-0.2, -0.15) is 0 Å². The van der Waals surface area contributed by atoms with Crippen molar-refractivity contribution in [1.29, 1.82) is 0 Å². The van der Waals surface area contributed by atoms with Gasteiger partial charge in [0, 0.05) is 25.1 Å². The van der Waals surface area contributed by atoms with Crippen molar-refractivity contribution in [1.82, 2.24) is 9.80 Å². The van der Waals surface area contributed by atoms with Crippen LogP contribution in [0.25, 0.3) is 5.76 Å². The molecule has 7 nitrogen and oxygen atoms in total. The van der Waals surface area contributed by atoms with E-state index < -0.39 is 17.7 Å². The molecule has 3 aromatic carbocycles. The van der Waals surface area contributed by atoms with E-state index in [1.807, 2.05) is 86.6 Å². The van der Waals surface area contributed by atoms with Crippen molar-refractivity contribution in [2.75, 3.05) is 27.2 Å². The van der Waals surface area contributed by atoms with E-state index in [1.165, 1.54) is 4.90 Å². The number of nitrogens with zero attached hydrogens (tertiary/aromatic N) is 2. The highest BCUT2D eigenvalue weighted by atomic mass is 16.5. The summed E-state index contributed by atoms with van der Waals surface area (Å²) >= 11 is 0. The van der Waals surface area contributed by atoms with Gasteiger partial charge in [0.15, 0.2) is 0 Å². The highest BCUT2D eigenvalue weighted by Crippen LogP contribution is 2.41. The molecule has 0 radical (unpaired) electrons. The predicted molar refractivity (Wildman–Crippen MR) is 141 cm³/mol. The van der Waals surface area contributed by atoms with E-state index in [2.05, 4.69) is 0 Å². The van der Waals surface area contributed by atoms with Crippen LogP contribution in [0.15, 0.2) is 78.4 Å². The fourth-order valence-electron chi connectivity index (χ4n) is 4.86. The molecule has 37 heavy (non-hydrogen) atoms. The number of para-hydroxylation sites is 1. The van der Waals surface area contributed by atoms with Crippen LogP contribution in [-0.4, -0.2) is 59.9 Å². The third-order valence-electron chi connectivity index (χ3n) is 6.65. The molecule has 2 aliphatic rings. The number of likely N-dealkylation sites (N-methyl/N-ethyl adjacent to an activating group) is 1. The molecular weight excluding hydrogens is 468 g/mol. The average Bonchev–Trinajstić information content (AvgIpc) is 3.38. The van der Waals surface area contributed by atoms with Gasteiger partial charge in [-0.25, -0.2) is 0 Å². The summed E-state index contributed by atoms with van der Waals surface area (Å²) < 4.78 is 11.8. The molecule has 0 unspecified atom stereocenters. The van der Waals surface area contributed by atoms with Crippen molar-refractivity contribution >= 4 is 17.4 Å². The number of ether oxygens (including phenoxy) is 2. The zero-order valence-electron chi connectivity index (χ0n) is 21.2. The summed E-state index contributed by atoms with van der Waals surface area (Å²) in [5.41, 5.74) is 2.22. The highest BCUT2D eigenvalue weighted by Gasteiger charge is 2.46. The number of fused-ring (bicyclic) bond motifs is 1. The van der Waals surface area contributed by atoms with E-state index >= 15 is 0 Å². The van der Waals surface area contributed by atoms with Crippen molar-refractivity contribution in [3.63, 3.8) is 0 Å². The van der Waals surface area contributed by atoms with Crippen LogP contribution in [0.4, 0.5) is 0 Å². The van der Waals surface area contributed by atoms with Gasteiger partial charge in [0.1, 0.15) is 29.1 Å². The molecule has 2 aliphatic heterocycles. The summed E-state index contributed by atoms with van der Waals surface area (Å²) in [7, 11) is 3.82. The number of carbonyl (C=O) groups excluding carboxylic acids is 2. The van der Waals surface area contributed by atoms with Crippen LogP contribution in [0, 0.1) is 0 Å². The topological polar surface area (TPSA) is 79.3 Å². The number of aliphatic hydroxyl groups excluding tert-OH is 1. The van der Waals surface area contributed by atoms with E-state index in [9.17, 15) is 14.7 Å². The Bertz CT molecular complexity index is 1370. The Labute approximate surface area is 216 Å². The number of carbonyl (C=O) groups is 2. The Morgan fingerprint density at radius 1 is 1.03 bits per heavy atom. The van der Waals surface area contributed by atoms with Crippen molar-refractivity contribution in [3.8, 4) is 17.2 Å². The third kappa shape index (κ3) is 4.95. The Hall–Kier alpha value is -4.10. The smallest absolute Gasteiger partial charge is 0.295 e. The van der Waals surface area contributed by atoms with Crippen LogP contribution in [-0.2, 0) is 16.0 Å². The number of rotatable bonds is 7. The Morgan fingerprint density at radius 2 is 1.78 bits per heavy atom. The van der Waals surface area contributed by atoms with E-state index in [0.29, 0.717) is 35.7 Å². The Balaban J connectivity index is 1.58. The van der Waals surface area contributed by atoms with Gasteiger partial charge in [-0.1, -0.05) is 30.3 Å². The molecule has 1 saturated heterocycles. The number of likely N-dealkylation sites (tertiary alicyclic amines) is 1. The van der Waals surface area contributed by atoms with E-state index in [4.69, 9.17) is 9.47 Å². The zero-order valence-corrected chi connectivity index (χ0v) is 21.2. The van der Waals surface area contributed by atoms with Crippen LogP contribution in [0.3, 0.4) is 0 Å². The van der Waals surface area contributed by atoms with E-state index in [1.54, 1.807) is 12.1 Å². The Kier molecular flexibility index (Phi) is 6.72. The molecule has 0 aliphatic carbocycles. The fourth-order valence-corrected chi connectivity index (χ4v) is 4.86. The lowest BCUT2D eigenvalue weighted by Crippen LogP contribution is -2.35. The molecule has 0 spiro atoms. The van der Waals surface area contributed by atoms with Crippen molar-refractivity contribution in [2.24, 2.45) is 0 Å². The predicted octanol–water partition coefficient (Wildman–Crippen LogP) is 4.79. The van der Waals surface area contributed by atoms with Gasteiger partial charge in [0.05, 0.1) is 11.6 Å². The maximum atomic E-state index is 13.3. The lowest BCUT2D eigenvalue weighted by Gasteiger charge is -2.27. The van der Waals surface area contributed by atoms with Gasteiger partial charge in [-0.15, -0.1) is 0 Å². The van der Waals surface area contributed by atoms with Crippen LogP contribution >= 0.6 is 0 Å². The second-order valence-electron chi connectivity index (χ2n) is 9.74. The molecule has 0 aromatic heterocycles. The maximum Gasteiger partial charge on any atom is 0.295 e. The number of benzene rings is 3. The summed E-state index contributed by atoms with van der Waals surface area (Å²) in [6, 6.07) is 21.3. The highest BCUT2D eigenvalue weighted by molar-refractivity contribution is 6.46. The molecule has 7 heteroatoms. The van der Waals surface area contributed by atoms with Gasteiger partial charge >= 0.3 is 0 Å². The van der Waals surface area contributed by atoms with Crippen LogP contribution < -0.4 is 9.47 Å². The van der Waals surface area contributed by atoms with Crippen LogP contribution in [0.2, 0.25) is 0 Å². The van der Waals surface area contributed by atoms with Gasteiger partial charge in [0.2, 0.25) is 0 Å². The first kappa shape index (κ1) is 24.6. The maximum absolute atomic E-state index is 13.3. The van der Waals surface area contributed by atoms with Gasteiger partial charge in [-0.3, -0.25) is 9.59 Å². The van der Waals surface area contributed by atoms with Gasteiger partial charge in [0.25, 0.3) is 11.7 Å². The molecule has 0 saturated carbocycles. The third-order valence-corrected chi connectivity index (χ3v) is 6.65. The van der Waals surface area contributed by atoms with Crippen LogP contribution in [0.5, 0.6) is 17.2 Å². The number of ketones is 1. The lowest BCUT2D eigenvalue weighted by atomic mass is 9.94. The molecule has 190 valence electrons. The monoisotopic (exact) mass is 498 g/mol. The quantitative estimate of drug-likeness (QED) is 0.287. The molecule has 2 heterocycles. The molecule has 1 amide bonds. The van der Waals surface area contributed by atoms with Gasteiger partial charge in [-0.05, 0) is 74.6 Å². The fraction of sp³-hybridized carbons (Fsp3) is 0.267. The Morgan fingerprint density at radius 3 is 2.54 bits per heavy atom. The molecule has 3 aromatic rings. The first-order valence-corrected chi connectivity index (χ1v) is 12.4. The largest absolute Gasteiger partial charge is 0.507 e. The standard InChI is InChI=1S/C30H30N2O5/c1-19-16-22-17-21(12-13-25(22)36-19)28(33)26-27(32(15-14-31(2)3)30(35)29(26)34)20-8-7-11-24(18-20)37-23-9-5-4-6-10-23/h4-13,17-19,27,33H,14-16H2,1-3H3/t19-,27+/m1/s1. The minimum Gasteiger partial charge on any atom is -0.507 e. The summed E-state index contributed by atoms with van der Waals surface area (Å²) in [5.74, 6) is 0.522. The first-order chi connectivity index (χ1) is 17.8. The summed E-state index contributed by atoms with van der Waals surface area (Å²) in [6.45, 7) is 2.89. The average molecular weight is 499 g/mol. The van der Waals surface area contributed by atoms with Crippen molar-refractivity contribution < 1.29 is 24.2 Å². The zero-order chi connectivity index (χ0) is 26.1. The molecule has 2 atom stereocenters. The number of hydrogen-bond acceptors (Lipinski definition) is 6. The number of hydrogen-bond donors (Lipinski definition) is 1. The minimum atomic E-state index is -0.747. The number of aliphatic hydroxyl groups is 1. The second kappa shape index (κ2) is 10.1. The summed E-state index contributed by atoms with van der Waals surface area (Å²) in [4.78, 5) is 30.0. The van der Waals surface area contributed by atoms with E-state index in [-0.39, 0.29) is 17.4 Å². The number of amides is 1. The molecular formula is C30H30N2O5. The van der Waals surface area contributed by atoms with Crippen molar-refractivity contribution in [3.05, 3.63) is 95.1 Å². The minimum absolute atomic E-state index is 0.0522. The molecule has 0 bridgehead atoms. The second-order valence-corrected chi connectivity index (χ2v) is 9.74. The normalized spacial score (nSPS) is 20.3. The van der Waals surface area contributed by atoms with Gasteiger partial charge < -0.3 is 24.4 Å². The molecule has 5 rings (SSSR count). The SMILES string of the molecule is C[C@@H]1Cc2cc(C(O)=C3C(=O)C(=O)N(CCN(C)C)[C@H]3c3cccc(Oc4ccccc4)c3)ccc2O1.